The summed E-state index contributed by atoms with van der Waals surface area (Å²) in [6, 6.07) is 7.37. The van der Waals surface area contributed by atoms with E-state index < -0.39 is 10.8 Å². The van der Waals surface area contributed by atoms with Crippen molar-refractivity contribution in [1.82, 2.24) is 9.78 Å². The van der Waals surface area contributed by atoms with Gasteiger partial charge in [-0.3, -0.25) is 19.6 Å². The minimum Gasteiger partial charge on any atom is -0.372 e. The minimum absolute atomic E-state index is 0.0645. The van der Waals surface area contributed by atoms with Crippen molar-refractivity contribution in [3.63, 3.8) is 0 Å². The lowest BCUT2D eigenvalue weighted by Crippen LogP contribution is -2.21. The van der Waals surface area contributed by atoms with Crippen LogP contribution in [0.1, 0.15) is 30.0 Å². The van der Waals surface area contributed by atoms with Gasteiger partial charge in [-0.25, -0.2) is 0 Å². The Hall–Kier alpha value is -2.90. The molecule has 0 fully saturated rings. The second kappa shape index (κ2) is 7.12. The smallest absolute Gasteiger partial charge is 0.322 e. The van der Waals surface area contributed by atoms with E-state index in [0.29, 0.717) is 5.69 Å². The normalized spacial score (nSPS) is 10.5. The Bertz CT molecular complexity index is 748. The molecule has 1 aromatic heterocycles. The molecule has 2 rings (SSSR count). The van der Waals surface area contributed by atoms with Crippen LogP contribution in [0.5, 0.6) is 0 Å². The zero-order chi connectivity index (χ0) is 17.9. The highest BCUT2D eigenvalue weighted by molar-refractivity contribution is 6.06. The molecule has 0 saturated heterocycles. The standard InChI is InChI=1S/C16H21N5O3/c1-5-20(6-2)13-9-7-12(8-10-13)17-16(22)15-14(21(23)24)11(3)18-19(15)4/h7-10H,5-6H2,1-4H3,(H,17,22). The molecule has 1 amide bonds. The molecule has 0 radical (unpaired) electrons. The summed E-state index contributed by atoms with van der Waals surface area (Å²) in [5.74, 6) is -0.555. The first-order valence-electron chi connectivity index (χ1n) is 7.73. The number of amides is 1. The molecule has 24 heavy (non-hydrogen) atoms. The quantitative estimate of drug-likeness (QED) is 0.649. The van der Waals surface area contributed by atoms with Crippen molar-refractivity contribution in [2.75, 3.05) is 23.3 Å². The lowest BCUT2D eigenvalue weighted by atomic mass is 10.2. The fraction of sp³-hybridized carbons (Fsp3) is 0.375. The molecule has 8 nitrogen and oxygen atoms in total. The van der Waals surface area contributed by atoms with Crippen LogP contribution in [-0.4, -0.2) is 33.7 Å². The number of benzene rings is 1. The summed E-state index contributed by atoms with van der Waals surface area (Å²) in [5, 5.41) is 17.8. The fourth-order valence-corrected chi connectivity index (χ4v) is 2.65. The monoisotopic (exact) mass is 331 g/mol. The van der Waals surface area contributed by atoms with E-state index in [-0.39, 0.29) is 17.1 Å². The minimum atomic E-state index is -0.583. The Morgan fingerprint density at radius 2 is 1.88 bits per heavy atom. The Labute approximate surface area is 140 Å². The third-order valence-electron chi connectivity index (χ3n) is 3.84. The molecular formula is C16H21N5O3. The number of carbonyl (C=O) groups is 1. The molecular weight excluding hydrogens is 310 g/mol. The second-order valence-electron chi connectivity index (χ2n) is 5.34. The Balaban J connectivity index is 2.23. The van der Waals surface area contributed by atoms with Crippen molar-refractivity contribution in [1.29, 1.82) is 0 Å². The number of carbonyl (C=O) groups excluding carboxylic acids is 1. The highest BCUT2D eigenvalue weighted by atomic mass is 16.6. The third-order valence-corrected chi connectivity index (χ3v) is 3.84. The summed E-state index contributed by atoms with van der Waals surface area (Å²) in [5.41, 5.74) is 1.51. The average molecular weight is 331 g/mol. The van der Waals surface area contributed by atoms with Crippen LogP contribution in [0.4, 0.5) is 17.1 Å². The van der Waals surface area contributed by atoms with Gasteiger partial charge in [0, 0.05) is 31.5 Å². The van der Waals surface area contributed by atoms with E-state index in [4.69, 9.17) is 0 Å². The highest BCUT2D eigenvalue weighted by Gasteiger charge is 2.29. The molecule has 1 N–H and O–H groups in total. The van der Waals surface area contributed by atoms with E-state index in [2.05, 4.69) is 29.2 Å². The van der Waals surface area contributed by atoms with Crippen LogP contribution in [0.3, 0.4) is 0 Å². The van der Waals surface area contributed by atoms with Gasteiger partial charge < -0.3 is 10.2 Å². The molecule has 0 aliphatic carbocycles. The van der Waals surface area contributed by atoms with Crippen LogP contribution in [-0.2, 0) is 7.05 Å². The number of nitrogens with one attached hydrogen (secondary N) is 1. The number of anilines is 2. The average Bonchev–Trinajstić information content (AvgIpc) is 2.84. The van der Waals surface area contributed by atoms with Crippen molar-refractivity contribution >= 4 is 23.0 Å². The maximum absolute atomic E-state index is 12.4. The van der Waals surface area contributed by atoms with Crippen molar-refractivity contribution in [3.05, 3.63) is 45.8 Å². The number of aryl methyl sites for hydroxylation is 2. The molecule has 1 heterocycles. The number of hydrogen-bond donors (Lipinski definition) is 1. The van der Waals surface area contributed by atoms with Crippen LogP contribution in [0.15, 0.2) is 24.3 Å². The van der Waals surface area contributed by atoms with Gasteiger partial charge in [0.1, 0.15) is 5.69 Å². The molecule has 0 bridgehead atoms. The van der Waals surface area contributed by atoms with Crippen LogP contribution in [0.25, 0.3) is 0 Å². The molecule has 0 aliphatic rings. The first-order valence-corrected chi connectivity index (χ1v) is 7.73. The fourth-order valence-electron chi connectivity index (χ4n) is 2.65. The van der Waals surface area contributed by atoms with Crippen LogP contribution in [0, 0.1) is 17.0 Å². The summed E-state index contributed by atoms with van der Waals surface area (Å²) in [6.07, 6.45) is 0. The first kappa shape index (κ1) is 17.5. The molecule has 128 valence electrons. The van der Waals surface area contributed by atoms with Gasteiger partial charge in [-0.15, -0.1) is 0 Å². The van der Waals surface area contributed by atoms with Gasteiger partial charge in [-0.05, 0) is 45.0 Å². The highest BCUT2D eigenvalue weighted by Crippen LogP contribution is 2.24. The van der Waals surface area contributed by atoms with Crippen LogP contribution in [0.2, 0.25) is 0 Å². The van der Waals surface area contributed by atoms with Gasteiger partial charge in [0.25, 0.3) is 5.91 Å². The van der Waals surface area contributed by atoms with E-state index in [1.165, 1.54) is 18.7 Å². The van der Waals surface area contributed by atoms with Gasteiger partial charge in [-0.2, -0.15) is 5.10 Å². The van der Waals surface area contributed by atoms with Gasteiger partial charge >= 0.3 is 5.69 Å². The molecule has 0 atom stereocenters. The largest absolute Gasteiger partial charge is 0.372 e. The molecule has 1 aromatic carbocycles. The number of nitro groups is 1. The zero-order valence-corrected chi connectivity index (χ0v) is 14.2. The maximum Gasteiger partial charge on any atom is 0.322 e. The maximum atomic E-state index is 12.4. The van der Waals surface area contributed by atoms with Crippen molar-refractivity contribution in [3.8, 4) is 0 Å². The van der Waals surface area contributed by atoms with Gasteiger partial charge in [-0.1, -0.05) is 0 Å². The molecule has 8 heteroatoms. The number of hydrogen-bond acceptors (Lipinski definition) is 5. The lowest BCUT2D eigenvalue weighted by molar-refractivity contribution is -0.385. The summed E-state index contributed by atoms with van der Waals surface area (Å²) < 4.78 is 1.23. The van der Waals surface area contributed by atoms with Crippen molar-refractivity contribution < 1.29 is 9.72 Å². The lowest BCUT2D eigenvalue weighted by Gasteiger charge is -2.21. The molecule has 0 saturated carbocycles. The summed E-state index contributed by atoms with van der Waals surface area (Å²) in [7, 11) is 1.51. The van der Waals surface area contributed by atoms with Crippen molar-refractivity contribution in [2.45, 2.75) is 20.8 Å². The molecule has 2 aromatic rings. The van der Waals surface area contributed by atoms with E-state index in [0.717, 1.165) is 18.8 Å². The summed E-state index contributed by atoms with van der Waals surface area (Å²) in [6.45, 7) is 7.44. The predicted octanol–water partition coefficient (Wildman–Crippen LogP) is 2.74. The molecule has 0 spiro atoms. The molecule has 0 unspecified atom stereocenters. The van der Waals surface area contributed by atoms with E-state index in [1.807, 2.05) is 12.1 Å². The summed E-state index contributed by atoms with van der Waals surface area (Å²) in [4.78, 5) is 25.2. The van der Waals surface area contributed by atoms with Gasteiger partial charge in [0.2, 0.25) is 5.69 Å². The first-order chi connectivity index (χ1) is 11.4. The van der Waals surface area contributed by atoms with E-state index in [1.54, 1.807) is 12.1 Å². The Morgan fingerprint density at radius 1 is 1.29 bits per heavy atom. The number of nitrogens with zero attached hydrogens (tertiary/aromatic N) is 4. The summed E-state index contributed by atoms with van der Waals surface area (Å²) >= 11 is 0. The number of rotatable bonds is 6. The van der Waals surface area contributed by atoms with E-state index >= 15 is 0 Å². The van der Waals surface area contributed by atoms with Crippen LogP contribution < -0.4 is 10.2 Å². The number of aromatic nitrogens is 2. The van der Waals surface area contributed by atoms with Gasteiger partial charge in [0.15, 0.2) is 0 Å². The SMILES string of the molecule is CCN(CC)c1ccc(NC(=O)c2c([N+](=O)[O-])c(C)nn2C)cc1. The van der Waals surface area contributed by atoms with Crippen molar-refractivity contribution in [2.24, 2.45) is 7.05 Å². The topological polar surface area (TPSA) is 93.3 Å². The second-order valence-corrected chi connectivity index (χ2v) is 5.34. The third kappa shape index (κ3) is 3.37. The van der Waals surface area contributed by atoms with Gasteiger partial charge in [0.05, 0.1) is 4.92 Å². The molecule has 0 aliphatic heterocycles. The Kier molecular flexibility index (Phi) is 5.18. The zero-order valence-electron chi connectivity index (χ0n) is 14.2. The predicted molar refractivity (Wildman–Crippen MR) is 92.6 cm³/mol. The van der Waals surface area contributed by atoms with E-state index in [9.17, 15) is 14.9 Å². The Morgan fingerprint density at radius 3 is 2.38 bits per heavy atom. The van der Waals surface area contributed by atoms with Crippen LogP contribution >= 0.6 is 0 Å².